The molecule has 0 amide bonds. The number of nitrogens with one attached hydrogen (secondary N) is 1. The van der Waals surface area contributed by atoms with Gasteiger partial charge in [0.25, 0.3) is 0 Å². The van der Waals surface area contributed by atoms with Crippen molar-refractivity contribution in [3.8, 4) is 0 Å². The van der Waals surface area contributed by atoms with Gasteiger partial charge in [0.1, 0.15) is 0 Å². The highest BCUT2D eigenvalue weighted by Crippen LogP contribution is 2.13. The van der Waals surface area contributed by atoms with Crippen molar-refractivity contribution in [3.05, 3.63) is 59.2 Å². The molecule has 0 aliphatic rings. The van der Waals surface area contributed by atoms with Gasteiger partial charge in [-0.1, -0.05) is 24.3 Å². The highest BCUT2D eigenvalue weighted by atomic mass is 16.3. The Balaban J connectivity index is 1.96. The molecule has 1 aromatic carbocycles. The summed E-state index contributed by atoms with van der Waals surface area (Å²) in [5, 5.41) is 12.4. The summed E-state index contributed by atoms with van der Waals surface area (Å²) in [5.41, 5.74) is 4.06. The van der Waals surface area contributed by atoms with E-state index >= 15 is 0 Å². The minimum Gasteiger partial charge on any atom is -0.392 e. The number of nitrogens with zero attached hydrogens (tertiary/aromatic N) is 2. The Labute approximate surface area is 113 Å². The van der Waals surface area contributed by atoms with E-state index < -0.39 is 0 Å². The van der Waals surface area contributed by atoms with Gasteiger partial charge in [-0.25, -0.2) is 0 Å². The van der Waals surface area contributed by atoms with Crippen molar-refractivity contribution in [2.24, 2.45) is 0 Å². The van der Waals surface area contributed by atoms with Gasteiger partial charge in [-0.2, -0.15) is 0 Å². The van der Waals surface area contributed by atoms with Gasteiger partial charge in [-0.15, -0.1) is 0 Å². The minimum atomic E-state index is 0.0862. The highest BCUT2D eigenvalue weighted by molar-refractivity contribution is 5.22. The second-order valence-electron chi connectivity index (χ2n) is 4.60. The average Bonchev–Trinajstić information content (AvgIpc) is 2.46. The highest BCUT2D eigenvalue weighted by Gasteiger charge is 2.09. The van der Waals surface area contributed by atoms with Crippen LogP contribution in [-0.4, -0.2) is 15.1 Å². The van der Waals surface area contributed by atoms with E-state index in [4.69, 9.17) is 5.11 Å². The van der Waals surface area contributed by atoms with E-state index in [1.54, 1.807) is 12.4 Å². The lowest BCUT2D eigenvalue weighted by Gasteiger charge is -2.14. The van der Waals surface area contributed by atoms with Crippen molar-refractivity contribution in [2.75, 3.05) is 0 Å². The zero-order valence-corrected chi connectivity index (χ0v) is 11.3. The molecule has 19 heavy (non-hydrogen) atoms. The summed E-state index contributed by atoms with van der Waals surface area (Å²) >= 11 is 0. The molecule has 0 spiro atoms. The predicted molar refractivity (Wildman–Crippen MR) is 74.4 cm³/mol. The number of hydrogen-bond acceptors (Lipinski definition) is 4. The second kappa shape index (κ2) is 6.41. The van der Waals surface area contributed by atoms with Crippen LogP contribution in [0.1, 0.15) is 35.5 Å². The van der Waals surface area contributed by atoms with Crippen molar-refractivity contribution in [3.63, 3.8) is 0 Å². The van der Waals surface area contributed by atoms with Gasteiger partial charge < -0.3 is 10.4 Å². The fraction of sp³-hybridized carbons (Fsp3) is 0.333. The van der Waals surface area contributed by atoms with Crippen LogP contribution in [0, 0.1) is 6.92 Å². The Morgan fingerprint density at radius 2 is 1.74 bits per heavy atom. The molecule has 100 valence electrons. The number of hydrogen-bond donors (Lipinski definition) is 2. The van der Waals surface area contributed by atoms with Gasteiger partial charge in [0.05, 0.1) is 18.0 Å². The molecule has 1 aromatic heterocycles. The maximum atomic E-state index is 8.99. The largest absolute Gasteiger partial charge is 0.392 e. The lowest BCUT2D eigenvalue weighted by Crippen LogP contribution is -2.20. The number of aliphatic hydroxyl groups excluding tert-OH is 1. The van der Waals surface area contributed by atoms with E-state index in [1.165, 1.54) is 5.56 Å². The molecule has 2 aromatic rings. The number of aryl methyl sites for hydroxylation is 1. The molecule has 0 saturated heterocycles. The van der Waals surface area contributed by atoms with Crippen LogP contribution in [0.25, 0.3) is 0 Å². The van der Waals surface area contributed by atoms with E-state index in [9.17, 15) is 0 Å². The summed E-state index contributed by atoms with van der Waals surface area (Å²) in [4.78, 5) is 8.61. The van der Waals surface area contributed by atoms with E-state index in [1.807, 2.05) is 31.2 Å². The van der Waals surface area contributed by atoms with E-state index in [0.717, 1.165) is 23.5 Å². The first kappa shape index (κ1) is 13.6. The van der Waals surface area contributed by atoms with Crippen LogP contribution in [0.4, 0.5) is 0 Å². The zero-order chi connectivity index (χ0) is 13.7. The first-order chi connectivity index (χ1) is 9.20. The van der Waals surface area contributed by atoms with Crippen LogP contribution in [0.5, 0.6) is 0 Å². The number of aromatic nitrogens is 2. The van der Waals surface area contributed by atoms with Gasteiger partial charge >= 0.3 is 0 Å². The summed E-state index contributed by atoms with van der Waals surface area (Å²) in [6, 6.07) is 8.08. The molecule has 0 aliphatic heterocycles. The standard InChI is InChI=1S/C15H19N3O/c1-11-15(17-8-7-16-11)12(2)18-9-13-3-5-14(10-19)6-4-13/h3-8,12,18-19H,9-10H2,1-2H3. The molecule has 0 aliphatic carbocycles. The second-order valence-corrected chi connectivity index (χ2v) is 4.60. The van der Waals surface area contributed by atoms with Crippen LogP contribution < -0.4 is 5.32 Å². The topological polar surface area (TPSA) is 58.0 Å². The summed E-state index contributed by atoms with van der Waals surface area (Å²) in [6.07, 6.45) is 3.43. The molecule has 2 N–H and O–H groups in total. The summed E-state index contributed by atoms with van der Waals surface area (Å²) in [7, 11) is 0. The van der Waals surface area contributed by atoms with Gasteiger partial charge in [-0.3, -0.25) is 9.97 Å². The van der Waals surface area contributed by atoms with Gasteiger partial charge in [-0.05, 0) is 25.0 Å². The van der Waals surface area contributed by atoms with Gasteiger partial charge in [0.2, 0.25) is 0 Å². The fourth-order valence-electron chi connectivity index (χ4n) is 1.97. The van der Waals surface area contributed by atoms with Crippen molar-refractivity contribution in [2.45, 2.75) is 33.0 Å². The van der Waals surface area contributed by atoms with Crippen LogP contribution in [0.3, 0.4) is 0 Å². The average molecular weight is 257 g/mol. The molecule has 0 fully saturated rings. The first-order valence-corrected chi connectivity index (χ1v) is 6.40. The maximum absolute atomic E-state index is 8.99. The molecular weight excluding hydrogens is 238 g/mol. The van der Waals surface area contributed by atoms with Crippen molar-refractivity contribution >= 4 is 0 Å². The quantitative estimate of drug-likeness (QED) is 0.861. The third kappa shape index (κ3) is 3.59. The molecular formula is C15H19N3O. The molecule has 1 heterocycles. The normalized spacial score (nSPS) is 12.4. The van der Waals surface area contributed by atoms with Crippen molar-refractivity contribution < 1.29 is 5.11 Å². The third-order valence-electron chi connectivity index (χ3n) is 3.15. The zero-order valence-electron chi connectivity index (χ0n) is 11.3. The molecule has 0 bridgehead atoms. The van der Waals surface area contributed by atoms with Crippen molar-refractivity contribution in [1.82, 2.24) is 15.3 Å². The van der Waals surface area contributed by atoms with Crippen LogP contribution >= 0.6 is 0 Å². The fourth-order valence-corrected chi connectivity index (χ4v) is 1.97. The Hall–Kier alpha value is -1.78. The van der Waals surface area contributed by atoms with Gasteiger partial charge in [0.15, 0.2) is 0 Å². The monoisotopic (exact) mass is 257 g/mol. The van der Waals surface area contributed by atoms with E-state index in [0.29, 0.717) is 0 Å². The summed E-state index contributed by atoms with van der Waals surface area (Å²) in [5.74, 6) is 0. The summed E-state index contributed by atoms with van der Waals surface area (Å²) in [6.45, 7) is 4.90. The molecule has 0 radical (unpaired) electrons. The molecule has 4 heteroatoms. The number of rotatable bonds is 5. The molecule has 1 unspecified atom stereocenters. The Morgan fingerprint density at radius 1 is 1.11 bits per heavy atom. The smallest absolute Gasteiger partial charge is 0.0782 e. The Kier molecular flexibility index (Phi) is 4.60. The Bertz CT molecular complexity index is 525. The third-order valence-corrected chi connectivity index (χ3v) is 3.15. The predicted octanol–water partition coefficient (Wildman–Crippen LogP) is 2.13. The summed E-state index contributed by atoms with van der Waals surface area (Å²) < 4.78 is 0. The lowest BCUT2D eigenvalue weighted by atomic mass is 10.1. The van der Waals surface area contributed by atoms with Crippen LogP contribution in [-0.2, 0) is 13.2 Å². The SMILES string of the molecule is Cc1nccnc1C(C)NCc1ccc(CO)cc1. The van der Waals surface area contributed by atoms with Crippen LogP contribution in [0.15, 0.2) is 36.7 Å². The number of benzene rings is 1. The minimum absolute atomic E-state index is 0.0862. The first-order valence-electron chi connectivity index (χ1n) is 6.40. The van der Waals surface area contributed by atoms with Crippen molar-refractivity contribution in [1.29, 1.82) is 0 Å². The lowest BCUT2D eigenvalue weighted by molar-refractivity contribution is 0.282. The van der Waals surface area contributed by atoms with Crippen LogP contribution in [0.2, 0.25) is 0 Å². The van der Waals surface area contributed by atoms with Gasteiger partial charge in [0, 0.05) is 25.0 Å². The van der Waals surface area contributed by atoms with E-state index in [2.05, 4.69) is 22.2 Å². The maximum Gasteiger partial charge on any atom is 0.0782 e. The Morgan fingerprint density at radius 3 is 2.37 bits per heavy atom. The number of aliphatic hydroxyl groups is 1. The van der Waals surface area contributed by atoms with E-state index in [-0.39, 0.29) is 12.6 Å². The molecule has 2 rings (SSSR count). The molecule has 1 atom stereocenters. The molecule has 0 saturated carbocycles. The molecule has 4 nitrogen and oxygen atoms in total.